The molecule has 0 bridgehead atoms. The van der Waals surface area contributed by atoms with Gasteiger partial charge in [-0.3, -0.25) is 4.79 Å². The van der Waals surface area contributed by atoms with Gasteiger partial charge in [-0.15, -0.1) is 13.2 Å². The summed E-state index contributed by atoms with van der Waals surface area (Å²) < 4.78 is 40.0. The quantitative estimate of drug-likeness (QED) is 0.610. The van der Waals surface area contributed by atoms with E-state index in [4.69, 9.17) is 11.6 Å². The summed E-state index contributed by atoms with van der Waals surface area (Å²) in [5.41, 5.74) is -0.172. The zero-order valence-corrected chi connectivity index (χ0v) is 10.7. The van der Waals surface area contributed by atoms with Gasteiger partial charge in [-0.1, -0.05) is 27.5 Å². The van der Waals surface area contributed by atoms with Crippen LogP contribution in [0.3, 0.4) is 0 Å². The Morgan fingerprint density at radius 2 is 2.06 bits per heavy atom. The van der Waals surface area contributed by atoms with E-state index in [-0.39, 0.29) is 17.0 Å². The van der Waals surface area contributed by atoms with Crippen molar-refractivity contribution in [3.05, 3.63) is 28.8 Å². The first-order valence-electron chi connectivity index (χ1n) is 4.48. The van der Waals surface area contributed by atoms with E-state index in [2.05, 4.69) is 20.7 Å². The van der Waals surface area contributed by atoms with Crippen molar-refractivity contribution in [2.24, 2.45) is 0 Å². The van der Waals surface area contributed by atoms with Crippen LogP contribution in [-0.4, -0.2) is 17.5 Å². The van der Waals surface area contributed by atoms with Gasteiger partial charge in [-0.25, -0.2) is 0 Å². The van der Waals surface area contributed by atoms with Gasteiger partial charge in [0.2, 0.25) is 0 Å². The van der Waals surface area contributed by atoms with E-state index in [0.717, 1.165) is 12.1 Å². The molecule has 1 rings (SSSR count). The molecule has 1 aromatic rings. The Morgan fingerprint density at radius 1 is 1.41 bits per heavy atom. The summed E-state index contributed by atoms with van der Waals surface area (Å²) >= 11 is 8.67. The summed E-state index contributed by atoms with van der Waals surface area (Å²) in [6.07, 6.45) is -4.77. The number of benzene rings is 1. The largest absolute Gasteiger partial charge is 0.573 e. The first-order chi connectivity index (χ1) is 7.83. The molecular formula is C10H7BrClF3O2. The fourth-order valence-electron chi connectivity index (χ4n) is 1.15. The molecule has 0 spiro atoms. The molecule has 0 N–H and O–H groups in total. The van der Waals surface area contributed by atoms with Gasteiger partial charge in [-0.2, -0.15) is 0 Å². The van der Waals surface area contributed by atoms with Crippen LogP contribution in [0.2, 0.25) is 5.02 Å². The number of carbonyl (C=O) groups excluding carboxylic acids is 1. The predicted octanol–water partition coefficient (Wildman–Crippen LogP) is 4.21. The van der Waals surface area contributed by atoms with Gasteiger partial charge in [0.1, 0.15) is 5.75 Å². The monoisotopic (exact) mass is 330 g/mol. The molecule has 0 amide bonds. The van der Waals surface area contributed by atoms with Gasteiger partial charge in [0.25, 0.3) is 0 Å². The summed E-state index contributed by atoms with van der Waals surface area (Å²) in [6, 6.07) is 3.42. The number of alkyl halides is 4. The van der Waals surface area contributed by atoms with E-state index in [1.54, 1.807) is 0 Å². The van der Waals surface area contributed by atoms with Crippen molar-refractivity contribution in [1.29, 1.82) is 0 Å². The maximum Gasteiger partial charge on any atom is 0.573 e. The van der Waals surface area contributed by atoms with E-state index in [9.17, 15) is 18.0 Å². The Morgan fingerprint density at radius 3 is 2.59 bits per heavy atom. The van der Waals surface area contributed by atoms with Crippen molar-refractivity contribution in [2.45, 2.75) is 12.8 Å². The Kier molecular flexibility index (Phi) is 4.82. The van der Waals surface area contributed by atoms with E-state index < -0.39 is 17.9 Å². The van der Waals surface area contributed by atoms with Crippen LogP contribution in [-0.2, 0) is 0 Å². The fraction of sp³-hybridized carbons (Fsp3) is 0.300. The van der Waals surface area contributed by atoms with Crippen LogP contribution >= 0.6 is 27.5 Å². The molecule has 0 fully saturated rings. The Bertz CT molecular complexity index is 421. The van der Waals surface area contributed by atoms with E-state index in [1.165, 1.54) is 6.07 Å². The van der Waals surface area contributed by atoms with Gasteiger partial charge in [-0.05, 0) is 18.2 Å². The molecule has 0 saturated carbocycles. The first-order valence-corrected chi connectivity index (χ1v) is 5.98. The number of hydrogen-bond acceptors (Lipinski definition) is 2. The average Bonchev–Trinajstić information content (AvgIpc) is 2.19. The van der Waals surface area contributed by atoms with Crippen molar-refractivity contribution in [3.8, 4) is 5.75 Å². The third kappa shape index (κ3) is 4.55. The number of ketones is 1. The highest BCUT2D eigenvalue weighted by Gasteiger charge is 2.32. The Balaban J connectivity index is 3.08. The third-order valence-electron chi connectivity index (χ3n) is 1.79. The molecule has 0 heterocycles. The second-order valence-electron chi connectivity index (χ2n) is 3.05. The summed E-state index contributed by atoms with van der Waals surface area (Å²) in [5, 5.41) is 0.529. The molecule has 0 aliphatic carbocycles. The first kappa shape index (κ1) is 14.3. The van der Waals surface area contributed by atoms with Crippen LogP contribution in [0.1, 0.15) is 16.8 Å². The molecule has 1 aromatic carbocycles. The minimum atomic E-state index is -4.84. The standard InChI is InChI=1S/C10H7BrClF3O2/c11-4-3-8(16)7-5-6(12)1-2-9(7)17-10(13,14)15/h1-2,5H,3-4H2. The molecule has 0 saturated heterocycles. The van der Waals surface area contributed by atoms with Crippen LogP contribution in [0.15, 0.2) is 18.2 Å². The van der Waals surface area contributed by atoms with E-state index in [1.807, 2.05) is 0 Å². The lowest BCUT2D eigenvalue weighted by atomic mass is 10.1. The zero-order valence-electron chi connectivity index (χ0n) is 8.35. The molecule has 0 atom stereocenters. The van der Waals surface area contributed by atoms with Gasteiger partial charge in [0.15, 0.2) is 5.78 Å². The lowest BCUT2D eigenvalue weighted by Crippen LogP contribution is -2.19. The molecular weight excluding hydrogens is 324 g/mol. The maximum absolute atomic E-state index is 12.1. The molecule has 0 aliphatic rings. The minimum absolute atomic E-state index is 0.0640. The molecule has 7 heteroatoms. The maximum atomic E-state index is 12.1. The summed E-state index contributed by atoms with van der Waals surface area (Å²) in [6.45, 7) is 0. The van der Waals surface area contributed by atoms with Crippen molar-refractivity contribution in [3.63, 3.8) is 0 Å². The van der Waals surface area contributed by atoms with Gasteiger partial charge < -0.3 is 4.74 Å². The SMILES string of the molecule is O=C(CCBr)c1cc(Cl)ccc1OC(F)(F)F. The van der Waals surface area contributed by atoms with Crippen molar-refractivity contribution < 1.29 is 22.7 Å². The number of rotatable bonds is 4. The molecule has 94 valence electrons. The van der Waals surface area contributed by atoms with E-state index in [0.29, 0.717) is 5.33 Å². The van der Waals surface area contributed by atoms with Gasteiger partial charge in [0, 0.05) is 16.8 Å². The topological polar surface area (TPSA) is 26.3 Å². The highest BCUT2D eigenvalue weighted by atomic mass is 79.9. The molecule has 2 nitrogen and oxygen atoms in total. The molecule has 0 aromatic heterocycles. The number of hydrogen-bond donors (Lipinski definition) is 0. The predicted molar refractivity (Wildman–Crippen MR) is 60.9 cm³/mol. The Labute approximate surface area is 109 Å². The second-order valence-corrected chi connectivity index (χ2v) is 4.28. The lowest BCUT2D eigenvalue weighted by Gasteiger charge is -2.12. The minimum Gasteiger partial charge on any atom is -0.405 e. The van der Waals surface area contributed by atoms with Crippen LogP contribution in [0.25, 0.3) is 0 Å². The van der Waals surface area contributed by atoms with Crippen LogP contribution in [0.4, 0.5) is 13.2 Å². The normalized spacial score (nSPS) is 11.4. The van der Waals surface area contributed by atoms with Gasteiger partial charge in [0.05, 0.1) is 5.56 Å². The highest BCUT2D eigenvalue weighted by Crippen LogP contribution is 2.29. The van der Waals surface area contributed by atoms with Crippen LogP contribution in [0, 0.1) is 0 Å². The summed E-state index contributed by atoms with van der Waals surface area (Å²) in [5.74, 6) is -1.00. The summed E-state index contributed by atoms with van der Waals surface area (Å²) in [7, 11) is 0. The van der Waals surface area contributed by atoms with Crippen molar-refractivity contribution in [2.75, 3.05) is 5.33 Å². The highest BCUT2D eigenvalue weighted by molar-refractivity contribution is 9.09. The number of ether oxygens (including phenoxy) is 1. The zero-order chi connectivity index (χ0) is 13.1. The van der Waals surface area contributed by atoms with Crippen molar-refractivity contribution >= 4 is 33.3 Å². The Hall–Kier alpha value is -0.750. The van der Waals surface area contributed by atoms with Crippen LogP contribution in [0.5, 0.6) is 5.75 Å². The third-order valence-corrected chi connectivity index (χ3v) is 2.42. The number of carbonyl (C=O) groups is 1. The fourth-order valence-corrected chi connectivity index (χ4v) is 1.69. The average molecular weight is 332 g/mol. The van der Waals surface area contributed by atoms with E-state index >= 15 is 0 Å². The smallest absolute Gasteiger partial charge is 0.405 e. The van der Waals surface area contributed by atoms with Gasteiger partial charge >= 0.3 is 6.36 Å². The molecule has 0 radical (unpaired) electrons. The van der Waals surface area contributed by atoms with Crippen molar-refractivity contribution in [1.82, 2.24) is 0 Å². The molecule has 17 heavy (non-hydrogen) atoms. The number of halogens is 5. The second kappa shape index (κ2) is 5.73. The van der Waals surface area contributed by atoms with Crippen LogP contribution < -0.4 is 4.74 Å². The molecule has 0 aliphatic heterocycles. The molecule has 0 unspecified atom stereocenters. The number of Topliss-reactive ketones (excluding diaryl/α,β-unsaturated/α-hetero) is 1. The summed E-state index contributed by atoms with van der Waals surface area (Å²) in [4.78, 5) is 11.6. The lowest BCUT2D eigenvalue weighted by molar-refractivity contribution is -0.274.